The van der Waals surface area contributed by atoms with E-state index in [1.807, 2.05) is 12.1 Å². The quantitative estimate of drug-likeness (QED) is 0.490. The SMILES string of the molecule is CCN[C@H]1CCN(c2nc(Nc3ccc(N)c(C(F)(F)F)c3)nc3ccc(OC)cc23)C1. The molecule has 1 fully saturated rings. The van der Waals surface area contributed by atoms with Gasteiger partial charge in [-0.3, -0.25) is 0 Å². The molecule has 1 saturated heterocycles. The van der Waals surface area contributed by atoms with Crippen LogP contribution in [-0.4, -0.2) is 42.8 Å². The van der Waals surface area contributed by atoms with Crippen molar-refractivity contribution in [3.05, 3.63) is 42.0 Å². The van der Waals surface area contributed by atoms with Crippen LogP contribution in [0.5, 0.6) is 5.75 Å². The van der Waals surface area contributed by atoms with Crippen molar-refractivity contribution in [1.29, 1.82) is 0 Å². The number of rotatable bonds is 6. The zero-order valence-corrected chi connectivity index (χ0v) is 17.8. The average molecular weight is 446 g/mol. The molecule has 2 heterocycles. The van der Waals surface area contributed by atoms with E-state index >= 15 is 0 Å². The van der Waals surface area contributed by atoms with Gasteiger partial charge in [0.1, 0.15) is 11.6 Å². The number of alkyl halides is 3. The van der Waals surface area contributed by atoms with Crippen molar-refractivity contribution in [3.8, 4) is 5.75 Å². The fourth-order valence-corrected chi connectivity index (χ4v) is 3.93. The van der Waals surface area contributed by atoms with Crippen molar-refractivity contribution in [1.82, 2.24) is 15.3 Å². The number of halogens is 3. The van der Waals surface area contributed by atoms with Crippen molar-refractivity contribution in [3.63, 3.8) is 0 Å². The van der Waals surface area contributed by atoms with Gasteiger partial charge in [-0.15, -0.1) is 0 Å². The molecule has 32 heavy (non-hydrogen) atoms. The number of aromatic nitrogens is 2. The van der Waals surface area contributed by atoms with Gasteiger partial charge in [0.2, 0.25) is 5.95 Å². The summed E-state index contributed by atoms with van der Waals surface area (Å²) in [5.41, 5.74) is 5.15. The first kappa shape index (κ1) is 21.9. The van der Waals surface area contributed by atoms with Crippen LogP contribution in [0, 0.1) is 0 Å². The lowest BCUT2D eigenvalue weighted by Gasteiger charge is -2.21. The van der Waals surface area contributed by atoms with Crippen LogP contribution in [0.1, 0.15) is 18.9 Å². The van der Waals surface area contributed by atoms with Crippen LogP contribution < -0.4 is 26.0 Å². The summed E-state index contributed by atoms with van der Waals surface area (Å²) in [6, 6.07) is 9.49. The average Bonchev–Trinajstić information content (AvgIpc) is 3.22. The van der Waals surface area contributed by atoms with Crippen LogP contribution in [-0.2, 0) is 6.18 Å². The van der Waals surface area contributed by atoms with E-state index in [9.17, 15) is 13.2 Å². The number of nitrogens with one attached hydrogen (secondary N) is 2. The second-order valence-electron chi connectivity index (χ2n) is 7.67. The molecule has 0 saturated carbocycles. The van der Waals surface area contributed by atoms with E-state index in [0.717, 1.165) is 37.5 Å². The highest BCUT2D eigenvalue weighted by Gasteiger charge is 2.33. The summed E-state index contributed by atoms with van der Waals surface area (Å²) in [6.07, 6.45) is -3.58. The second kappa shape index (κ2) is 8.70. The van der Waals surface area contributed by atoms with Gasteiger partial charge in [-0.25, -0.2) is 4.98 Å². The number of benzene rings is 2. The van der Waals surface area contributed by atoms with Crippen molar-refractivity contribution >= 4 is 34.0 Å². The highest BCUT2D eigenvalue weighted by molar-refractivity contribution is 5.92. The first-order chi connectivity index (χ1) is 15.3. The number of nitrogens with zero attached hydrogens (tertiary/aromatic N) is 3. The molecule has 3 aromatic rings. The Balaban J connectivity index is 1.73. The predicted molar refractivity (Wildman–Crippen MR) is 120 cm³/mol. The third-order valence-electron chi connectivity index (χ3n) is 5.48. The molecule has 0 amide bonds. The molecule has 7 nitrogen and oxygen atoms in total. The van der Waals surface area contributed by atoms with Crippen molar-refractivity contribution in [2.75, 3.05) is 42.7 Å². The molecule has 0 bridgehead atoms. The molecule has 0 unspecified atom stereocenters. The van der Waals surface area contributed by atoms with E-state index in [4.69, 9.17) is 10.5 Å². The van der Waals surface area contributed by atoms with Gasteiger partial charge < -0.3 is 26.0 Å². The molecule has 0 aliphatic carbocycles. The van der Waals surface area contributed by atoms with Gasteiger partial charge in [0.15, 0.2) is 0 Å². The molecule has 4 rings (SSSR count). The smallest absolute Gasteiger partial charge is 0.418 e. The fraction of sp³-hybridized carbons (Fsp3) is 0.364. The minimum atomic E-state index is -4.55. The lowest BCUT2D eigenvalue weighted by Crippen LogP contribution is -2.32. The fourth-order valence-electron chi connectivity index (χ4n) is 3.93. The topological polar surface area (TPSA) is 88.3 Å². The van der Waals surface area contributed by atoms with Crippen molar-refractivity contribution in [2.24, 2.45) is 0 Å². The molecule has 1 atom stereocenters. The number of hydrogen-bond donors (Lipinski definition) is 3. The lowest BCUT2D eigenvalue weighted by atomic mass is 10.1. The third kappa shape index (κ3) is 4.50. The molecular weight excluding hydrogens is 421 g/mol. The van der Waals surface area contributed by atoms with E-state index in [-0.39, 0.29) is 17.3 Å². The van der Waals surface area contributed by atoms with Gasteiger partial charge in [0.25, 0.3) is 0 Å². The van der Waals surface area contributed by atoms with Crippen molar-refractivity contribution < 1.29 is 17.9 Å². The standard InChI is InChI=1S/C22H25F3N6O/c1-3-27-14-8-9-31(12-14)20-16-11-15(32-2)5-7-19(16)29-21(30-20)28-13-4-6-18(26)17(10-13)22(23,24)25/h4-7,10-11,14,27H,3,8-9,12,26H2,1-2H3,(H,28,29,30)/t14-/m0/s1. The summed E-state index contributed by atoms with van der Waals surface area (Å²) in [5.74, 6) is 1.60. The minimum absolute atomic E-state index is 0.206. The van der Waals surface area contributed by atoms with Crippen LogP contribution in [0.15, 0.2) is 36.4 Å². The zero-order valence-electron chi connectivity index (χ0n) is 17.8. The molecule has 10 heteroatoms. The second-order valence-corrected chi connectivity index (χ2v) is 7.67. The summed E-state index contributed by atoms with van der Waals surface area (Å²) in [7, 11) is 1.59. The van der Waals surface area contributed by atoms with E-state index in [0.29, 0.717) is 23.1 Å². The molecule has 0 spiro atoms. The van der Waals surface area contributed by atoms with E-state index in [1.54, 1.807) is 13.2 Å². The van der Waals surface area contributed by atoms with E-state index in [2.05, 4.69) is 32.4 Å². The number of nitrogen functional groups attached to an aromatic ring is 1. The Morgan fingerprint density at radius 3 is 2.72 bits per heavy atom. The normalized spacial score (nSPS) is 16.5. The summed E-state index contributed by atoms with van der Waals surface area (Å²) in [6.45, 7) is 4.52. The summed E-state index contributed by atoms with van der Waals surface area (Å²) in [4.78, 5) is 11.3. The van der Waals surface area contributed by atoms with Crippen LogP contribution >= 0.6 is 0 Å². The van der Waals surface area contributed by atoms with Crippen molar-refractivity contribution in [2.45, 2.75) is 25.6 Å². The Hall–Kier alpha value is -3.27. The Bertz CT molecular complexity index is 1120. The number of methoxy groups -OCH3 is 1. The van der Waals surface area contributed by atoms with Gasteiger partial charge in [-0.05, 0) is 49.4 Å². The number of hydrogen-bond acceptors (Lipinski definition) is 7. The maximum Gasteiger partial charge on any atom is 0.418 e. The highest BCUT2D eigenvalue weighted by Crippen LogP contribution is 2.36. The molecule has 1 aliphatic rings. The Labute approximate surface area is 183 Å². The Morgan fingerprint density at radius 1 is 1.19 bits per heavy atom. The summed E-state index contributed by atoms with van der Waals surface area (Å²) in [5, 5.41) is 7.18. The van der Waals surface area contributed by atoms with Gasteiger partial charge in [-0.1, -0.05) is 6.92 Å². The zero-order chi connectivity index (χ0) is 22.9. The number of fused-ring (bicyclic) bond motifs is 1. The maximum atomic E-state index is 13.3. The highest BCUT2D eigenvalue weighted by atomic mass is 19.4. The van der Waals surface area contributed by atoms with Crippen LogP contribution in [0.4, 0.5) is 36.3 Å². The molecule has 0 radical (unpaired) electrons. The minimum Gasteiger partial charge on any atom is -0.497 e. The largest absolute Gasteiger partial charge is 0.497 e. The molecule has 1 aromatic heterocycles. The van der Waals surface area contributed by atoms with Gasteiger partial charge >= 0.3 is 6.18 Å². The third-order valence-corrected chi connectivity index (χ3v) is 5.48. The Kier molecular flexibility index (Phi) is 5.96. The van der Waals surface area contributed by atoms with E-state index < -0.39 is 11.7 Å². The maximum absolute atomic E-state index is 13.3. The van der Waals surface area contributed by atoms with Crippen LogP contribution in [0.2, 0.25) is 0 Å². The number of nitrogens with two attached hydrogens (primary N) is 1. The molecular formula is C22H25F3N6O. The number of likely N-dealkylation sites (N-methyl/N-ethyl adjacent to an activating group) is 1. The molecule has 1 aliphatic heterocycles. The molecule has 2 aromatic carbocycles. The first-order valence-electron chi connectivity index (χ1n) is 10.4. The van der Waals surface area contributed by atoms with Crippen LogP contribution in [0.25, 0.3) is 10.9 Å². The summed E-state index contributed by atoms with van der Waals surface area (Å²) >= 11 is 0. The predicted octanol–water partition coefficient (Wildman–Crippen LogP) is 4.17. The van der Waals surface area contributed by atoms with E-state index in [1.165, 1.54) is 12.1 Å². The number of anilines is 4. The van der Waals surface area contributed by atoms with Gasteiger partial charge in [-0.2, -0.15) is 18.2 Å². The lowest BCUT2D eigenvalue weighted by molar-refractivity contribution is -0.136. The monoisotopic (exact) mass is 446 g/mol. The Morgan fingerprint density at radius 2 is 2.00 bits per heavy atom. The number of ether oxygens (including phenoxy) is 1. The summed E-state index contributed by atoms with van der Waals surface area (Å²) < 4.78 is 45.1. The van der Waals surface area contributed by atoms with Gasteiger partial charge in [0, 0.05) is 35.9 Å². The first-order valence-corrected chi connectivity index (χ1v) is 10.4. The van der Waals surface area contributed by atoms with Crippen LogP contribution in [0.3, 0.4) is 0 Å². The molecule has 4 N–H and O–H groups in total. The molecule has 170 valence electrons. The van der Waals surface area contributed by atoms with Gasteiger partial charge in [0.05, 0.1) is 18.2 Å².